The quantitative estimate of drug-likeness (QED) is 0.662. The van der Waals surface area contributed by atoms with E-state index in [1.54, 1.807) is 12.1 Å². The van der Waals surface area contributed by atoms with E-state index in [2.05, 4.69) is 15.6 Å². The van der Waals surface area contributed by atoms with Gasteiger partial charge in [-0.05, 0) is 19.1 Å². The SMILES string of the molecule is CCNC(=O)C1CNCCN1c1ccc(C(N)=O)cn1. The minimum atomic E-state index is -0.510. The fourth-order valence-electron chi connectivity index (χ4n) is 2.21. The van der Waals surface area contributed by atoms with Crippen molar-refractivity contribution in [3.8, 4) is 0 Å². The predicted molar refractivity (Wildman–Crippen MR) is 75.4 cm³/mol. The number of hydrogen-bond donors (Lipinski definition) is 3. The van der Waals surface area contributed by atoms with Crippen molar-refractivity contribution in [2.75, 3.05) is 31.1 Å². The van der Waals surface area contributed by atoms with E-state index in [0.717, 1.165) is 6.54 Å². The molecule has 0 saturated carbocycles. The van der Waals surface area contributed by atoms with Crippen LogP contribution in [0.1, 0.15) is 17.3 Å². The summed E-state index contributed by atoms with van der Waals surface area (Å²) in [6.07, 6.45) is 1.44. The Labute approximate surface area is 117 Å². The van der Waals surface area contributed by atoms with E-state index in [9.17, 15) is 9.59 Å². The Morgan fingerprint density at radius 3 is 2.95 bits per heavy atom. The Morgan fingerprint density at radius 2 is 2.35 bits per heavy atom. The molecule has 0 radical (unpaired) electrons. The maximum atomic E-state index is 12.1. The summed E-state index contributed by atoms with van der Waals surface area (Å²) in [5, 5.41) is 6.02. The average molecular weight is 277 g/mol. The molecular weight excluding hydrogens is 258 g/mol. The van der Waals surface area contributed by atoms with E-state index in [1.165, 1.54) is 6.20 Å². The van der Waals surface area contributed by atoms with Crippen molar-refractivity contribution in [2.24, 2.45) is 5.73 Å². The Balaban J connectivity index is 2.18. The largest absolute Gasteiger partial charge is 0.366 e. The molecule has 1 aromatic heterocycles. The van der Waals surface area contributed by atoms with Gasteiger partial charge in [0.15, 0.2) is 0 Å². The van der Waals surface area contributed by atoms with Crippen molar-refractivity contribution in [3.05, 3.63) is 23.9 Å². The van der Waals surface area contributed by atoms with Gasteiger partial charge in [-0.25, -0.2) is 4.98 Å². The van der Waals surface area contributed by atoms with Gasteiger partial charge in [0.05, 0.1) is 5.56 Å². The van der Waals surface area contributed by atoms with E-state index in [0.29, 0.717) is 31.0 Å². The first-order chi connectivity index (χ1) is 9.63. The van der Waals surface area contributed by atoms with Gasteiger partial charge in [0.25, 0.3) is 0 Å². The summed E-state index contributed by atoms with van der Waals surface area (Å²) in [7, 11) is 0. The number of aromatic nitrogens is 1. The number of carbonyl (C=O) groups excluding carboxylic acids is 2. The third kappa shape index (κ3) is 3.05. The van der Waals surface area contributed by atoms with Gasteiger partial charge in [-0.15, -0.1) is 0 Å². The molecule has 1 atom stereocenters. The lowest BCUT2D eigenvalue weighted by molar-refractivity contribution is -0.122. The van der Waals surface area contributed by atoms with Crippen LogP contribution in [-0.4, -0.2) is 49.0 Å². The highest BCUT2D eigenvalue weighted by Gasteiger charge is 2.29. The summed E-state index contributed by atoms with van der Waals surface area (Å²) in [5.74, 6) is 0.137. The molecule has 0 bridgehead atoms. The number of amides is 2. The number of piperazine rings is 1. The Morgan fingerprint density at radius 1 is 1.55 bits per heavy atom. The number of nitrogens with zero attached hydrogens (tertiary/aromatic N) is 2. The highest BCUT2D eigenvalue weighted by molar-refractivity contribution is 5.92. The number of likely N-dealkylation sites (N-methyl/N-ethyl adjacent to an activating group) is 1. The summed E-state index contributed by atoms with van der Waals surface area (Å²) in [4.78, 5) is 29.3. The maximum absolute atomic E-state index is 12.1. The van der Waals surface area contributed by atoms with Gasteiger partial charge in [-0.1, -0.05) is 0 Å². The van der Waals surface area contributed by atoms with E-state index in [4.69, 9.17) is 5.73 Å². The fraction of sp³-hybridized carbons (Fsp3) is 0.462. The van der Waals surface area contributed by atoms with E-state index >= 15 is 0 Å². The van der Waals surface area contributed by atoms with Crippen LogP contribution in [0.4, 0.5) is 5.82 Å². The van der Waals surface area contributed by atoms with Crippen LogP contribution < -0.4 is 21.3 Å². The minimum Gasteiger partial charge on any atom is -0.366 e. The van der Waals surface area contributed by atoms with Crippen LogP contribution in [0, 0.1) is 0 Å². The topological polar surface area (TPSA) is 100 Å². The molecule has 2 heterocycles. The standard InChI is InChI=1S/C13H19N5O2/c1-2-16-13(20)10-8-15-5-6-18(10)11-4-3-9(7-17-11)12(14)19/h3-4,7,10,15H,2,5-6,8H2,1H3,(H2,14,19)(H,16,20). The molecule has 1 unspecified atom stereocenters. The molecule has 20 heavy (non-hydrogen) atoms. The predicted octanol–water partition coefficient (Wildman–Crippen LogP) is -0.905. The van der Waals surface area contributed by atoms with Crippen LogP contribution in [0.2, 0.25) is 0 Å². The van der Waals surface area contributed by atoms with Gasteiger partial charge in [0, 0.05) is 32.4 Å². The van der Waals surface area contributed by atoms with Crippen LogP contribution in [0.5, 0.6) is 0 Å². The third-order valence-electron chi connectivity index (χ3n) is 3.22. The van der Waals surface area contributed by atoms with Gasteiger partial charge >= 0.3 is 0 Å². The molecule has 0 aromatic carbocycles. The van der Waals surface area contributed by atoms with E-state index < -0.39 is 5.91 Å². The number of carbonyl (C=O) groups is 2. The molecule has 108 valence electrons. The molecule has 4 N–H and O–H groups in total. The smallest absolute Gasteiger partial charge is 0.250 e. The number of anilines is 1. The molecule has 1 saturated heterocycles. The van der Waals surface area contributed by atoms with Gasteiger partial charge in [0.1, 0.15) is 11.9 Å². The first kappa shape index (κ1) is 14.3. The zero-order chi connectivity index (χ0) is 14.5. The molecule has 1 aliphatic heterocycles. The van der Waals surface area contributed by atoms with Crippen LogP contribution in [0.25, 0.3) is 0 Å². The molecule has 1 aromatic rings. The Hall–Kier alpha value is -2.15. The molecule has 1 fully saturated rings. The van der Waals surface area contributed by atoms with Gasteiger partial charge < -0.3 is 21.3 Å². The lowest BCUT2D eigenvalue weighted by Crippen LogP contribution is -2.58. The van der Waals surface area contributed by atoms with Crippen LogP contribution >= 0.6 is 0 Å². The third-order valence-corrected chi connectivity index (χ3v) is 3.22. The normalized spacial score (nSPS) is 18.6. The van der Waals surface area contributed by atoms with Crippen LogP contribution in [-0.2, 0) is 4.79 Å². The maximum Gasteiger partial charge on any atom is 0.250 e. The van der Waals surface area contributed by atoms with Crippen molar-refractivity contribution >= 4 is 17.6 Å². The van der Waals surface area contributed by atoms with Crippen LogP contribution in [0.15, 0.2) is 18.3 Å². The number of nitrogens with two attached hydrogens (primary N) is 1. The first-order valence-corrected chi connectivity index (χ1v) is 6.64. The number of nitrogens with one attached hydrogen (secondary N) is 2. The molecule has 1 aliphatic rings. The van der Waals surface area contributed by atoms with Crippen molar-refractivity contribution in [2.45, 2.75) is 13.0 Å². The summed E-state index contributed by atoms with van der Waals surface area (Å²) in [6.45, 7) is 4.53. The fourth-order valence-corrected chi connectivity index (χ4v) is 2.21. The minimum absolute atomic E-state index is 0.0273. The second-order valence-corrected chi connectivity index (χ2v) is 4.58. The van der Waals surface area contributed by atoms with Gasteiger partial charge in [0.2, 0.25) is 11.8 Å². The number of pyridine rings is 1. The summed E-state index contributed by atoms with van der Waals surface area (Å²) >= 11 is 0. The van der Waals surface area contributed by atoms with E-state index in [-0.39, 0.29) is 11.9 Å². The van der Waals surface area contributed by atoms with Crippen molar-refractivity contribution in [1.29, 1.82) is 0 Å². The van der Waals surface area contributed by atoms with Crippen molar-refractivity contribution in [1.82, 2.24) is 15.6 Å². The Bertz CT molecular complexity index is 488. The summed E-state index contributed by atoms with van der Waals surface area (Å²) in [5.41, 5.74) is 5.55. The van der Waals surface area contributed by atoms with Gasteiger partial charge in [-0.3, -0.25) is 9.59 Å². The number of primary amides is 1. The zero-order valence-corrected chi connectivity index (χ0v) is 11.4. The zero-order valence-electron chi connectivity index (χ0n) is 11.4. The second kappa shape index (κ2) is 6.33. The lowest BCUT2D eigenvalue weighted by atomic mass is 10.1. The summed E-state index contributed by atoms with van der Waals surface area (Å²) in [6, 6.07) is 3.05. The highest BCUT2D eigenvalue weighted by Crippen LogP contribution is 2.16. The molecule has 7 heteroatoms. The number of rotatable bonds is 4. The second-order valence-electron chi connectivity index (χ2n) is 4.58. The average Bonchev–Trinajstić information content (AvgIpc) is 2.47. The molecule has 2 amide bonds. The molecule has 7 nitrogen and oxygen atoms in total. The molecule has 0 aliphatic carbocycles. The highest BCUT2D eigenvalue weighted by atomic mass is 16.2. The van der Waals surface area contributed by atoms with Crippen molar-refractivity contribution in [3.63, 3.8) is 0 Å². The first-order valence-electron chi connectivity index (χ1n) is 6.64. The lowest BCUT2D eigenvalue weighted by Gasteiger charge is -2.36. The molecular formula is C13H19N5O2. The molecule has 2 rings (SSSR count). The van der Waals surface area contributed by atoms with Gasteiger partial charge in [-0.2, -0.15) is 0 Å². The number of hydrogen-bond acceptors (Lipinski definition) is 5. The molecule has 0 spiro atoms. The summed E-state index contributed by atoms with van der Waals surface area (Å²) < 4.78 is 0. The Kier molecular flexibility index (Phi) is 4.52. The van der Waals surface area contributed by atoms with Crippen molar-refractivity contribution < 1.29 is 9.59 Å². The monoisotopic (exact) mass is 277 g/mol. The van der Waals surface area contributed by atoms with E-state index in [1.807, 2.05) is 11.8 Å². The van der Waals surface area contributed by atoms with Crippen LogP contribution in [0.3, 0.4) is 0 Å².